The largest absolute Gasteiger partial charge is 0.278 e. The predicted octanol–water partition coefficient (Wildman–Crippen LogP) is 5.56. The fraction of sp³-hybridized carbons (Fsp3) is 0.136. The van der Waals surface area contributed by atoms with Crippen LogP contribution in [0.15, 0.2) is 71.8 Å². The van der Waals surface area contributed by atoms with Crippen LogP contribution >= 0.6 is 23.1 Å². The number of pyridine rings is 1. The molecule has 9 heteroatoms. The second-order valence-electron chi connectivity index (χ2n) is 6.58. The molecule has 1 amide bonds. The van der Waals surface area contributed by atoms with Crippen LogP contribution in [-0.4, -0.2) is 26.6 Å². The van der Waals surface area contributed by atoms with Gasteiger partial charge in [-0.15, -0.1) is 11.8 Å². The average Bonchev–Trinajstić information content (AvgIpc) is 3.21. The third kappa shape index (κ3) is 4.73. The Bertz CT molecular complexity index is 1240. The summed E-state index contributed by atoms with van der Waals surface area (Å²) in [7, 11) is 0. The Morgan fingerprint density at radius 3 is 2.77 bits per heavy atom. The molecule has 0 radical (unpaired) electrons. The highest BCUT2D eigenvalue weighted by atomic mass is 32.2. The number of non-ortho nitro benzene ring substituents is 1. The van der Waals surface area contributed by atoms with Crippen molar-refractivity contribution in [1.29, 1.82) is 0 Å². The van der Waals surface area contributed by atoms with Gasteiger partial charge in [-0.05, 0) is 42.2 Å². The Kier molecular flexibility index (Phi) is 6.24. The van der Waals surface area contributed by atoms with Gasteiger partial charge < -0.3 is 0 Å². The van der Waals surface area contributed by atoms with E-state index in [1.807, 2.05) is 36.4 Å². The summed E-state index contributed by atoms with van der Waals surface area (Å²) < 4.78 is 0.651. The molecule has 0 aliphatic rings. The summed E-state index contributed by atoms with van der Waals surface area (Å²) in [4.78, 5) is 35.7. The molecule has 4 rings (SSSR count). The number of nitro benzene ring substituents is 1. The Hall–Kier alpha value is -3.30. The van der Waals surface area contributed by atoms with Crippen LogP contribution in [0, 0.1) is 10.1 Å². The SMILES string of the molecule is CCSc1cccc(C(=O)N(Cc2ccccn2)c2nc3ccc([N+](=O)[O-])cc3s2)c1. The minimum Gasteiger partial charge on any atom is -0.278 e. The van der Waals surface area contributed by atoms with E-state index in [2.05, 4.69) is 16.9 Å². The molecule has 0 aliphatic carbocycles. The number of thioether (sulfide) groups is 1. The summed E-state index contributed by atoms with van der Waals surface area (Å²) in [5.41, 5.74) is 1.88. The number of rotatable bonds is 7. The van der Waals surface area contributed by atoms with Crippen LogP contribution in [0.1, 0.15) is 23.0 Å². The van der Waals surface area contributed by atoms with Crippen molar-refractivity contribution in [3.63, 3.8) is 0 Å². The van der Waals surface area contributed by atoms with E-state index in [0.29, 0.717) is 20.9 Å². The molecule has 0 N–H and O–H groups in total. The second-order valence-corrected chi connectivity index (χ2v) is 8.93. The van der Waals surface area contributed by atoms with Crippen LogP contribution in [0.3, 0.4) is 0 Å². The molecule has 0 atom stereocenters. The maximum Gasteiger partial charge on any atom is 0.270 e. The number of benzene rings is 2. The van der Waals surface area contributed by atoms with E-state index in [0.717, 1.165) is 16.3 Å². The summed E-state index contributed by atoms with van der Waals surface area (Å²) in [6, 6.07) is 17.5. The van der Waals surface area contributed by atoms with Gasteiger partial charge in [0.05, 0.1) is 27.4 Å². The highest BCUT2D eigenvalue weighted by molar-refractivity contribution is 7.99. The van der Waals surface area contributed by atoms with E-state index in [9.17, 15) is 14.9 Å². The van der Waals surface area contributed by atoms with E-state index < -0.39 is 4.92 Å². The lowest BCUT2D eigenvalue weighted by Gasteiger charge is -2.20. The molecule has 0 bridgehead atoms. The fourth-order valence-corrected chi connectivity index (χ4v) is 4.77. The smallest absolute Gasteiger partial charge is 0.270 e. The minimum atomic E-state index is -0.438. The molecule has 4 aromatic rings. The Labute approximate surface area is 186 Å². The maximum atomic E-state index is 13.5. The van der Waals surface area contributed by atoms with Gasteiger partial charge in [-0.3, -0.25) is 24.8 Å². The van der Waals surface area contributed by atoms with E-state index in [-0.39, 0.29) is 18.1 Å². The number of nitro groups is 1. The van der Waals surface area contributed by atoms with E-state index >= 15 is 0 Å². The number of thiazole rings is 1. The van der Waals surface area contributed by atoms with E-state index in [1.165, 1.54) is 23.5 Å². The zero-order valence-corrected chi connectivity index (χ0v) is 18.2. The molecule has 0 unspecified atom stereocenters. The third-order valence-corrected chi connectivity index (χ3v) is 6.40. The van der Waals surface area contributed by atoms with Crippen LogP contribution in [-0.2, 0) is 6.54 Å². The monoisotopic (exact) mass is 450 g/mol. The first kappa shape index (κ1) is 21.0. The summed E-state index contributed by atoms with van der Waals surface area (Å²) in [6.07, 6.45) is 1.68. The van der Waals surface area contributed by atoms with Crippen molar-refractivity contribution < 1.29 is 9.72 Å². The van der Waals surface area contributed by atoms with Gasteiger partial charge in [-0.2, -0.15) is 0 Å². The van der Waals surface area contributed by atoms with Crippen LogP contribution in [0.4, 0.5) is 10.8 Å². The highest BCUT2D eigenvalue weighted by Gasteiger charge is 2.23. The number of carbonyl (C=O) groups is 1. The van der Waals surface area contributed by atoms with Crippen molar-refractivity contribution in [1.82, 2.24) is 9.97 Å². The second kappa shape index (κ2) is 9.23. The van der Waals surface area contributed by atoms with Crippen molar-refractivity contribution in [2.24, 2.45) is 0 Å². The molecule has 0 aliphatic heterocycles. The van der Waals surface area contributed by atoms with E-state index in [1.54, 1.807) is 35.0 Å². The lowest BCUT2D eigenvalue weighted by Crippen LogP contribution is -2.30. The van der Waals surface area contributed by atoms with Gasteiger partial charge in [0.15, 0.2) is 5.13 Å². The number of aromatic nitrogens is 2. The number of anilines is 1. The molecule has 0 spiro atoms. The molecule has 2 aromatic carbocycles. The van der Waals surface area contributed by atoms with Crippen LogP contribution in [0.5, 0.6) is 0 Å². The van der Waals surface area contributed by atoms with Crippen LogP contribution in [0.2, 0.25) is 0 Å². The summed E-state index contributed by atoms with van der Waals surface area (Å²) in [5, 5.41) is 11.6. The topological polar surface area (TPSA) is 89.2 Å². The summed E-state index contributed by atoms with van der Waals surface area (Å²) >= 11 is 2.92. The maximum absolute atomic E-state index is 13.5. The van der Waals surface area contributed by atoms with Gasteiger partial charge in [-0.25, -0.2) is 4.98 Å². The van der Waals surface area contributed by atoms with Crippen molar-refractivity contribution in [2.45, 2.75) is 18.4 Å². The molecule has 0 fully saturated rings. The van der Waals surface area contributed by atoms with Crippen molar-refractivity contribution >= 4 is 50.0 Å². The molecule has 2 aromatic heterocycles. The molecule has 7 nitrogen and oxygen atoms in total. The number of hydrogen-bond acceptors (Lipinski definition) is 7. The number of hydrogen-bond donors (Lipinski definition) is 0. The molecular weight excluding hydrogens is 432 g/mol. The molecule has 31 heavy (non-hydrogen) atoms. The number of nitrogens with zero attached hydrogens (tertiary/aromatic N) is 4. The number of amides is 1. The minimum absolute atomic E-state index is 0.00501. The van der Waals surface area contributed by atoms with Crippen LogP contribution < -0.4 is 4.90 Å². The normalized spacial score (nSPS) is 10.9. The van der Waals surface area contributed by atoms with Crippen molar-refractivity contribution in [2.75, 3.05) is 10.7 Å². The predicted molar refractivity (Wildman–Crippen MR) is 124 cm³/mol. The lowest BCUT2D eigenvalue weighted by molar-refractivity contribution is -0.384. The molecule has 0 saturated heterocycles. The average molecular weight is 451 g/mol. The van der Waals surface area contributed by atoms with E-state index in [4.69, 9.17) is 0 Å². The summed E-state index contributed by atoms with van der Waals surface area (Å²) in [5.74, 6) is 0.712. The van der Waals surface area contributed by atoms with Crippen LogP contribution in [0.25, 0.3) is 10.2 Å². The Morgan fingerprint density at radius 1 is 1.16 bits per heavy atom. The third-order valence-electron chi connectivity index (χ3n) is 4.49. The van der Waals surface area contributed by atoms with Gasteiger partial charge in [0.2, 0.25) is 0 Å². The number of carbonyl (C=O) groups excluding carboxylic acids is 1. The van der Waals surface area contributed by atoms with Crippen molar-refractivity contribution in [3.8, 4) is 0 Å². The number of fused-ring (bicyclic) bond motifs is 1. The summed E-state index contributed by atoms with van der Waals surface area (Å²) in [6.45, 7) is 2.31. The first-order valence-electron chi connectivity index (χ1n) is 9.55. The first-order valence-corrected chi connectivity index (χ1v) is 11.3. The highest BCUT2D eigenvalue weighted by Crippen LogP contribution is 2.33. The molecular formula is C22H18N4O3S2. The molecule has 2 heterocycles. The molecule has 156 valence electrons. The quantitative estimate of drug-likeness (QED) is 0.208. The first-order chi connectivity index (χ1) is 15.0. The van der Waals surface area contributed by atoms with Gasteiger partial charge in [0.1, 0.15) is 0 Å². The zero-order valence-electron chi connectivity index (χ0n) is 16.6. The van der Waals surface area contributed by atoms with Gasteiger partial charge >= 0.3 is 0 Å². The van der Waals surface area contributed by atoms with Gasteiger partial charge in [0, 0.05) is 28.8 Å². The van der Waals surface area contributed by atoms with Gasteiger partial charge in [-0.1, -0.05) is 30.4 Å². The standard InChI is InChI=1S/C22H18N4O3S2/c1-2-30-18-8-5-6-15(12-18)21(27)25(14-16-7-3-4-11-23-16)22-24-19-10-9-17(26(28)29)13-20(19)31-22/h3-13H,2,14H2,1H3. The Balaban J connectivity index is 1.75. The lowest BCUT2D eigenvalue weighted by atomic mass is 10.2. The molecule has 0 saturated carbocycles. The zero-order chi connectivity index (χ0) is 21.8. The fourth-order valence-electron chi connectivity index (χ4n) is 3.05. The van der Waals surface area contributed by atoms with Gasteiger partial charge in [0.25, 0.3) is 11.6 Å². The Morgan fingerprint density at radius 2 is 2.03 bits per heavy atom. The van der Waals surface area contributed by atoms with Crippen molar-refractivity contribution in [3.05, 3.63) is 88.2 Å².